The van der Waals surface area contributed by atoms with Crippen molar-refractivity contribution in [3.05, 3.63) is 60.0 Å². The number of carbonyl (C=O) groups is 1. The predicted molar refractivity (Wildman–Crippen MR) is 93.1 cm³/mol. The topological polar surface area (TPSA) is 85.8 Å². The second-order valence-electron chi connectivity index (χ2n) is 5.74. The lowest BCUT2D eigenvalue weighted by molar-refractivity contribution is 0.102. The van der Waals surface area contributed by atoms with Gasteiger partial charge in [0, 0.05) is 23.9 Å². The molecule has 0 fully saturated rings. The van der Waals surface area contributed by atoms with E-state index in [9.17, 15) is 4.79 Å². The highest BCUT2D eigenvalue weighted by molar-refractivity contribution is 6.06. The second kappa shape index (κ2) is 5.86. The SMILES string of the molecule is Cc1ccc(NC(=O)c2ccc3c(c2)nnn3C)cc1-c1ncco1. The Morgan fingerprint density at radius 2 is 2.08 bits per heavy atom. The van der Waals surface area contributed by atoms with E-state index in [1.165, 1.54) is 6.26 Å². The van der Waals surface area contributed by atoms with E-state index >= 15 is 0 Å². The Morgan fingerprint density at radius 1 is 1.20 bits per heavy atom. The van der Waals surface area contributed by atoms with Gasteiger partial charge >= 0.3 is 0 Å². The molecule has 7 nitrogen and oxygen atoms in total. The Labute approximate surface area is 143 Å². The normalized spacial score (nSPS) is 11.0. The molecule has 0 spiro atoms. The van der Waals surface area contributed by atoms with Crippen molar-refractivity contribution >= 4 is 22.6 Å². The molecule has 0 aliphatic rings. The number of aromatic nitrogens is 4. The first kappa shape index (κ1) is 15.1. The zero-order valence-electron chi connectivity index (χ0n) is 13.7. The molecule has 0 aliphatic heterocycles. The highest BCUT2D eigenvalue weighted by Gasteiger charge is 2.12. The number of benzene rings is 2. The van der Waals surface area contributed by atoms with Crippen molar-refractivity contribution in [2.45, 2.75) is 6.92 Å². The molecule has 2 aromatic carbocycles. The number of aryl methyl sites for hydroxylation is 2. The van der Waals surface area contributed by atoms with E-state index in [2.05, 4.69) is 20.6 Å². The van der Waals surface area contributed by atoms with Crippen molar-refractivity contribution in [1.82, 2.24) is 20.0 Å². The Balaban J connectivity index is 1.62. The lowest BCUT2D eigenvalue weighted by atomic mass is 10.1. The molecular formula is C18H15N5O2. The van der Waals surface area contributed by atoms with E-state index in [0.29, 0.717) is 22.7 Å². The van der Waals surface area contributed by atoms with Crippen molar-refractivity contribution in [2.24, 2.45) is 7.05 Å². The molecule has 0 saturated heterocycles. The number of fused-ring (bicyclic) bond motifs is 1. The number of oxazole rings is 1. The van der Waals surface area contributed by atoms with Gasteiger partial charge in [-0.05, 0) is 42.8 Å². The minimum atomic E-state index is -0.213. The van der Waals surface area contributed by atoms with E-state index in [4.69, 9.17) is 4.42 Å². The van der Waals surface area contributed by atoms with Gasteiger partial charge in [0.05, 0.1) is 11.7 Å². The fourth-order valence-corrected chi connectivity index (χ4v) is 2.67. The van der Waals surface area contributed by atoms with Crippen molar-refractivity contribution in [3.8, 4) is 11.5 Å². The van der Waals surface area contributed by atoms with Crippen LogP contribution in [0.5, 0.6) is 0 Å². The van der Waals surface area contributed by atoms with Crippen LogP contribution in [0.4, 0.5) is 5.69 Å². The quantitative estimate of drug-likeness (QED) is 0.622. The molecule has 1 N–H and O–H groups in total. The van der Waals surface area contributed by atoms with Crippen LogP contribution in [0.1, 0.15) is 15.9 Å². The summed E-state index contributed by atoms with van der Waals surface area (Å²) in [5.41, 5.74) is 4.60. The maximum atomic E-state index is 12.5. The van der Waals surface area contributed by atoms with Crippen LogP contribution in [-0.4, -0.2) is 25.9 Å². The average Bonchev–Trinajstić information content (AvgIpc) is 3.27. The third-order valence-corrected chi connectivity index (χ3v) is 4.03. The van der Waals surface area contributed by atoms with E-state index < -0.39 is 0 Å². The van der Waals surface area contributed by atoms with Crippen LogP contribution in [-0.2, 0) is 7.05 Å². The van der Waals surface area contributed by atoms with E-state index in [-0.39, 0.29) is 5.91 Å². The number of rotatable bonds is 3. The number of nitrogens with zero attached hydrogens (tertiary/aromatic N) is 4. The number of hydrogen-bond acceptors (Lipinski definition) is 5. The molecule has 0 aliphatic carbocycles. The van der Waals surface area contributed by atoms with Gasteiger partial charge in [-0.2, -0.15) is 0 Å². The second-order valence-corrected chi connectivity index (χ2v) is 5.74. The summed E-state index contributed by atoms with van der Waals surface area (Å²) in [6.45, 7) is 1.97. The van der Waals surface area contributed by atoms with Gasteiger partial charge < -0.3 is 9.73 Å². The highest BCUT2D eigenvalue weighted by atomic mass is 16.3. The largest absolute Gasteiger partial charge is 0.445 e. The summed E-state index contributed by atoms with van der Waals surface area (Å²) >= 11 is 0. The Hall–Kier alpha value is -3.48. The van der Waals surface area contributed by atoms with Crippen molar-refractivity contribution in [1.29, 1.82) is 0 Å². The van der Waals surface area contributed by atoms with Crippen LogP contribution in [0.15, 0.2) is 53.3 Å². The Morgan fingerprint density at radius 3 is 2.88 bits per heavy atom. The molecule has 2 aromatic heterocycles. The zero-order valence-corrected chi connectivity index (χ0v) is 13.7. The predicted octanol–water partition coefficient (Wildman–Crippen LogP) is 3.18. The lowest BCUT2D eigenvalue weighted by Crippen LogP contribution is -2.12. The highest BCUT2D eigenvalue weighted by Crippen LogP contribution is 2.25. The maximum Gasteiger partial charge on any atom is 0.255 e. The van der Waals surface area contributed by atoms with Crippen LogP contribution in [0, 0.1) is 6.92 Å². The fourth-order valence-electron chi connectivity index (χ4n) is 2.67. The molecule has 0 saturated carbocycles. The summed E-state index contributed by atoms with van der Waals surface area (Å²) in [7, 11) is 1.81. The minimum absolute atomic E-state index is 0.213. The first-order chi connectivity index (χ1) is 12.1. The first-order valence-corrected chi connectivity index (χ1v) is 7.73. The van der Waals surface area contributed by atoms with Gasteiger partial charge in [0.2, 0.25) is 5.89 Å². The molecule has 25 heavy (non-hydrogen) atoms. The summed E-state index contributed by atoms with van der Waals surface area (Å²) in [5, 5.41) is 10.9. The first-order valence-electron chi connectivity index (χ1n) is 7.73. The summed E-state index contributed by atoms with van der Waals surface area (Å²) in [5.74, 6) is 0.310. The monoisotopic (exact) mass is 333 g/mol. The van der Waals surface area contributed by atoms with Crippen molar-refractivity contribution in [3.63, 3.8) is 0 Å². The van der Waals surface area contributed by atoms with Crippen molar-refractivity contribution < 1.29 is 9.21 Å². The van der Waals surface area contributed by atoms with Gasteiger partial charge in [-0.1, -0.05) is 11.3 Å². The number of nitrogens with one attached hydrogen (secondary N) is 1. The minimum Gasteiger partial charge on any atom is -0.445 e. The van der Waals surface area contributed by atoms with Crippen LogP contribution in [0.2, 0.25) is 0 Å². The number of anilines is 1. The molecule has 0 bridgehead atoms. The number of carbonyl (C=O) groups excluding carboxylic acids is 1. The van der Waals surface area contributed by atoms with Gasteiger partial charge in [0.1, 0.15) is 11.8 Å². The van der Waals surface area contributed by atoms with E-state index in [1.54, 1.807) is 23.0 Å². The van der Waals surface area contributed by atoms with Crippen LogP contribution in [0.25, 0.3) is 22.5 Å². The summed E-state index contributed by atoms with van der Waals surface area (Å²) in [6.07, 6.45) is 3.12. The summed E-state index contributed by atoms with van der Waals surface area (Å²) in [4.78, 5) is 16.7. The van der Waals surface area contributed by atoms with Crippen LogP contribution in [0.3, 0.4) is 0 Å². The fraction of sp³-hybridized carbons (Fsp3) is 0.111. The van der Waals surface area contributed by atoms with Gasteiger partial charge in [0.15, 0.2) is 0 Å². The molecular weight excluding hydrogens is 318 g/mol. The molecule has 2 heterocycles. The lowest BCUT2D eigenvalue weighted by Gasteiger charge is -2.08. The van der Waals surface area contributed by atoms with Gasteiger partial charge in [0.25, 0.3) is 5.91 Å². The van der Waals surface area contributed by atoms with Crippen molar-refractivity contribution in [2.75, 3.05) is 5.32 Å². The molecule has 124 valence electrons. The Kier molecular flexibility index (Phi) is 3.53. The average molecular weight is 333 g/mol. The van der Waals surface area contributed by atoms with E-state index in [1.807, 2.05) is 38.2 Å². The number of amides is 1. The third-order valence-electron chi connectivity index (χ3n) is 4.03. The number of hydrogen-bond donors (Lipinski definition) is 1. The molecule has 0 radical (unpaired) electrons. The molecule has 1 amide bonds. The Bertz CT molecular complexity index is 1070. The molecule has 0 atom stereocenters. The standard InChI is InChI=1S/C18H15N5O2/c1-11-3-5-13(10-14(11)18-19-7-8-25-18)20-17(24)12-4-6-16-15(9-12)21-22-23(16)2/h3-10H,1-2H3,(H,20,24). The molecule has 4 aromatic rings. The maximum absolute atomic E-state index is 12.5. The zero-order chi connectivity index (χ0) is 17.4. The van der Waals surface area contributed by atoms with Gasteiger partial charge in [-0.3, -0.25) is 4.79 Å². The summed E-state index contributed by atoms with van der Waals surface area (Å²) in [6, 6.07) is 10.9. The third kappa shape index (κ3) is 2.76. The molecule has 7 heteroatoms. The summed E-state index contributed by atoms with van der Waals surface area (Å²) < 4.78 is 7.02. The smallest absolute Gasteiger partial charge is 0.255 e. The molecule has 4 rings (SSSR count). The van der Waals surface area contributed by atoms with Gasteiger partial charge in [-0.15, -0.1) is 5.10 Å². The van der Waals surface area contributed by atoms with Crippen LogP contribution < -0.4 is 5.32 Å². The van der Waals surface area contributed by atoms with E-state index in [0.717, 1.165) is 16.6 Å². The molecule has 0 unspecified atom stereocenters. The van der Waals surface area contributed by atoms with Crippen LogP contribution >= 0.6 is 0 Å². The van der Waals surface area contributed by atoms with Gasteiger partial charge in [-0.25, -0.2) is 9.67 Å².